The monoisotopic (exact) mass is 331 g/mol. The Morgan fingerprint density at radius 2 is 2.27 bits per heavy atom. The van der Waals surface area contributed by atoms with Gasteiger partial charge in [0, 0.05) is 0 Å². The van der Waals surface area contributed by atoms with E-state index >= 15 is 0 Å². The molecule has 0 aliphatic carbocycles. The van der Waals surface area contributed by atoms with E-state index in [0.29, 0.717) is 11.5 Å². The summed E-state index contributed by atoms with van der Waals surface area (Å²) in [7, 11) is -4.44. The quantitative estimate of drug-likeness (QED) is 0.505. The maximum atomic E-state index is 11.1. The summed E-state index contributed by atoms with van der Waals surface area (Å²) in [6, 6.07) is 0. The number of nitrogen functional groups attached to an aromatic ring is 1. The van der Waals surface area contributed by atoms with Crippen molar-refractivity contribution in [3.63, 3.8) is 0 Å². The first kappa shape index (κ1) is 15.3. The van der Waals surface area contributed by atoms with Crippen LogP contribution in [0.2, 0.25) is 0 Å². The number of aliphatic hydroxyl groups is 1. The first-order valence-corrected chi connectivity index (χ1v) is 8.05. The summed E-state index contributed by atoms with van der Waals surface area (Å²) < 4.78 is 23.0. The molecule has 5 N–H and O–H groups in total. The highest BCUT2D eigenvalue weighted by Gasteiger charge is 2.45. The Morgan fingerprint density at radius 3 is 2.91 bits per heavy atom. The van der Waals surface area contributed by atoms with E-state index in [0.717, 1.165) is 0 Å². The average molecular weight is 331 g/mol. The van der Waals surface area contributed by atoms with Gasteiger partial charge < -0.3 is 30.1 Å². The third kappa shape index (κ3) is 2.70. The highest BCUT2D eigenvalue weighted by molar-refractivity contribution is 7.51. The van der Waals surface area contributed by atoms with Crippen molar-refractivity contribution in [2.45, 2.75) is 18.4 Å². The molecule has 0 bridgehead atoms. The molecule has 0 amide bonds. The van der Waals surface area contributed by atoms with Gasteiger partial charge in [0.05, 0.1) is 19.1 Å². The van der Waals surface area contributed by atoms with Crippen LogP contribution in [0, 0.1) is 0 Å². The van der Waals surface area contributed by atoms with Gasteiger partial charge in [-0.3, -0.25) is 9.13 Å². The molecule has 0 unspecified atom stereocenters. The zero-order valence-electron chi connectivity index (χ0n) is 11.2. The fourth-order valence-electron chi connectivity index (χ4n) is 2.26. The summed E-state index contributed by atoms with van der Waals surface area (Å²) in [5.74, 6) is -1.25. The molecule has 1 saturated heterocycles. The van der Waals surface area contributed by atoms with Crippen LogP contribution in [-0.4, -0.2) is 53.5 Å². The zero-order chi connectivity index (χ0) is 16.0. The molecule has 0 aromatic rings. The molecule has 3 aliphatic heterocycles. The molecule has 0 aromatic carbocycles. The Labute approximate surface area is 124 Å². The average Bonchev–Trinajstić information content (AvgIpc) is 3.04. The van der Waals surface area contributed by atoms with Crippen molar-refractivity contribution in [2.75, 3.05) is 18.7 Å². The Bertz CT molecular complexity index is 703. The number of imidazole rings is 1. The van der Waals surface area contributed by atoms with Gasteiger partial charge in [-0.2, -0.15) is 0 Å². The minimum atomic E-state index is -4.44. The highest BCUT2D eigenvalue weighted by Crippen LogP contribution is 2.42. The molecule has 0 radical (unpaired) electrons. The van der Waals surface area contributed by atoms with Crippen molar-refractivity contribution in [3.8, 4) is 11.5 Å². The number of hydrogen-bond donors (Lipinski definition) is 4. The largest absolute Gasteiger partial charge is 0.390 e. The number of hydrogen-bond acceptors (Lipinski definition) is 8. The highest BCUT2D eigenvalue weighted by atomic mass is 31.2. The van der Waals surface area contributed by atoms with E-state index in [4.69, 9.17) is 25.0 Å². The minimum absolute atomic E-state index is 0.0663. The van der Waals surface area contributed by atoms with Crippen LogP contribution in [0.25, 0.3) is 11.5 Å². The van der Waals surface area contributed by atoms with E-state index in [1.165, 1.54) is 17.2 Å². The summed E-state index contributed by atoms with van der Waals surface area (Å²) in [4.78, 5) is 29.9. The standard InChI is InChI=1S/C10H14N5O6P/c11-8-7-9(13-3-12-7)14-4-15(8)10(1-6(16)2-20-10)21-5-22(17,18)19/h3-4,6,16H,1-2,5,11H2,(H2,17,18,19)/t6-,10-/m0/s1. The first-order valence-electron chi connectivity index (χ1n) is 6.25. The van der Waals surface area contributed by atoms with Gasteiger partial charge in [0.15, 0.2) is 12.2 Å². The number of nitrogens with zero attached hydrogens (tertiary/aromatic N) is 4. The molecule has 2 atom stereocenters. The third-order valence-electron chi connectivity index (χ3n) is 3.20. The van der Waals surface area contributed by atoms with Gasteiger partial charge >= 0.3 is 7.60 Å². The summed E-state index contributed by atoms with van der Waals surface area (Å²) in [6.07, 6.45) is 0.723. The molecule has 3 rings (SSSR count). The molecule has 0 saturated carbocycles. The number of rotatable bonds is 4. The lowest BCUT2D eigenvalue weighted by Gasteiger charge is -2.32. The van der Waals surface area contributed by atoms with Crippen LogP contribution in [0.1, 0.15) is 6.42 Å². The van der Waals surface area contributed by atoms with Crippen molar-refractivity contribution in [3.05, 3.63) is 12.7 Å². The second-order valence-electron chi connectivity index (χ2n) is 4.87. The predicted molar refractivity (Wildman–Crippen MR) is 71.4 cm³/mol. The number of nitrogens with two attached hydrogens (primary N) is 1. The van der Waals surface area contributed by atoms with E-state index in [-0.39, 0.29) is 18.8 Å². The van der Waals surface area contributed by atoms with E-state index in [2.05, 4.69) is 15.0 Å². The van der Waals surface area contributed by atoms with Crippen LogP contribution in [0.4, 0.5) is 5.82 Å². The normalized spacial score (nSPS) is 25.9. The van der Waals surface area contributed by atoms with Gasteiger partial charge in [-0.1, -0.05) is 0 Å². The van der Waals surface area contributed by atoms with Gasteiger partial charge in [0.2, 0.25) is 0 Å². The first-order chi connectivity index (χ1) is 10.3. The van der Waals surface area contributed by atoms with Gasteiger partial charge in [-0.25, -0.2) is 15.0 Å². The molecular formula is C10H14N5O6P. The number of anilines is 1. The lowest BCUT2D eigenvalue weighted by atomic mass is 10.2. The third-order valence-corrected chi connectivity index (χ3v) is 3.66. The Balaban J connectivity index is 2.03. The van der Waals surface area contributed by atoms with E-state index in [1.807, 2.05) is 0 Å². The SMILES string of the molecule is Nc1c2ncnc-2ncn1[C@@]1(OCP(=O)(O)O)C[C@H](O)CO1. The predicted octanol–water partition coefficient (Wildman–Crippen LogP) is -1.10. The van der Waals surface area contributed by atoms with Crippen molar-refractivity contribution >= 4 is 13.4 Å². The van der Waals surface area contributed by atoms with Gasteiger partial charge in [0.25, 0.3) is 5.91 Å². The maximum Gasteiger partial charge on any atom is 0.351 e. The molecule has 0 aromatic heterocycles. The maximum absolute atomic E-state index is 11.1. The summed E-state index contributed by atoms with van der Waals surface area (Å²) in [5, 5.41) is 9.72. The molecule has 120 valence electrons. The van der Waals surface area contributed by atoms with Crippen LogP contribution in [0.5, 0.6) is 0 Å². The van der Waals surface area contributed by atoms with Crippen LogP contribution in [0.15, 0.2) is 12.7 Å². The molecule has 3 aliphatic rings. The van der Waals surface area contributed by atoms with Crippen molar-refractivity contribution in [2.24, 2.45) is 0 Å². The fraction of sp³-hybridized carbons (Fsp3) is 0.500. The summed E-state index contributed by atoms with van der Waals surface area (Å²) in [5.41, 5.74) is 6.30. The Hall–Kier alpha value is -1.62. The van der Waals surface area contributed by atoms with E-state index in [1.54, 1.807) is 0 Å². The number of fused-ring (bicyclic) bond motifs is 1. The van der Waals surface area contributed by atoms with Crippen molar-refractivity contribution in [1.82, 2.24) is 19.5 Å². The van der Waals surface area contributed by atoms with Crippen LogP contribution in [0.3, 0.4) is 0 Å². The Kier molecular flexibility index (Phi) is 3.63. The summed E-state index contributed by atoms with van der Waals surface area (Å²) >= 11 is 0. The zero-order valence-corrected chi connectivity index (χ0v) is 12.1. The van der Waals surface area contributed by atoms with Crippen LogP contribution in [-0.2, 0) is 19.9 Å². The molecular weight excluding hydrogens is 317 g/mol. The van der Waals surface area contributed by atoms with Crippen molar-refractivity contribution < 1.29 is 28.9 Å². The Morgan fingerprint density at radius 1 is 1.50 bits per heavy atom. The lowest BCUT2D eigenvalue weighted by molar-refractivity contribution is -0.260. The topological polar surface area (TPSA) is 166 Å². The fourth-order valence-corrected chi connectivity index (χ4v) is 2.63. The molecule has 1 fully saturated rings. The smallest absolute Gasteiger partial charge is 0.351 e. The molecule has 12 heteroatoms. The number of ether oxygens (including phenoxy) is 2. The van der Waals surface area contributed by atoms with E-state index in [9.17, 15) is 9.67 Å². The number of aromatic nitrogens is 4. The van der Waals surface area contributed by atoms with E-state index < -0.39 is 26.0 Å². The number of aliphatic hydroxyl groups excluding tert-OH is 1. The van der Waals surface area contributed by atoms with Gasteiger partial charge in [-0.05, 0) is 0 Å². The van der Waals surface area contributed by atoms with Gasteiger partial charge in [-0.15, -0.1) is 0 Å². The van der Waals surface area contributed by atoms with Crippen molar-refractivity contribution in [1.29, 1.82) is 0 Å². The second-order valence-corrected chi connectivity index (χ2v) is 6.45. The molecule has 22 heavy (non-hydrogen) atoms. The minimum Gasteiger partial charge on any atom is -0.390 e. The molecule has 3 heterocycles. The lowest BCUT2D eigenvalue weighted by Crippen LogP contribution is -2.38. The summed E-state index contributed by atoms with van der Waals surface area (Å²) in [6.45, 7) is -0.0711. The molecule has 11 nitrogen and oxygen atoms in total. The van der Waals surface area contributed by atoms with Crippen LogP contribution < -0.4 is 5.73 Å². The van der Waals surface area contributed by atoms with Crippen LogP contribution >= 0.6 is 7.60 Å². The second kappa shape index (κ2) is 5.23. The molecule has 0 spiro atoms. The van der Waals surface area contributed by atoms with Gasteiger partial charge in [0.1, 0.15) is 24.2 Å².